The molecule has 0 amide bonds. The van der Waals surface area contributed by atoms with Gasteiger partial charge >= 0.3 is 11.6 Å². The number of ether oxygens (including phenoxy) is 1. The summed E-state index contributed by atoms with van der Waals surface area (Å²) in [4.78, 5) is 24.8. The molecule has 1 heterocycles. The summed E-state index contributed by atoms with van der Waals surface area (Å²) in [7, 11) is -2.61. The summed E-state index contributed by atoms with van der Waals surface area (Å²) in [6, 6.07) is 19.3. The van der Waals surface area contributed by atoms with Crippen LogP contribution in [0.2, 0.25) is 0 Å². The number of anilines is 1. The van der Waals surface area contributed by atoms with Gasteiger partial charge in [-0.3, -0.25) is 4.31 Å². The number of hydrogen-bond donors (Lipinski definition) is 0. The van der Waals surface area contributed by atoms with Gasteiger partial charge in [-0.15, -0.1) is 0 Å². The van der Waals surface area contributed by atoms with Crippen LogP contribution in [0.15, 0.2) is 86.9 Å². The molecule has 174 valence electrons. The molecule has 0 radical (unpaired) electrons. The molecule has 0 aliphatic heterocycles. The average molecular weight is 478 g/mol. The number of esters is 1. The fourth-order valence-electron chi connectivity index (χ4n) is 3.61. The summed E-state index contributed by atoms with van der Waals surface area (Å²) in [5.74, 6) is -0.814. The van der Waals surface area contributed by atoms with Crippen molar-refractivity contribution in [1.82, 2.24) is 0 Å². The molecule has 34 heavy (non-hydrogen) atoms. The van der Waals surface area contributed by atoms with Crippen LogP contribution in [-0.4, -0.2) is 21.4 Å². The molecule has 0 N–H and O–H groups in total. The second-order valence-corrected chi connectivity index (χ2v) is 9.84. The number of carbonyl (C=O) groups excluding carboxylic acids is 1. The highest BCUT2D eigenvalue weighted by molar-refractivity contribution is 7.92. The SMILES string of the molecule is Cc1cc2oc(=O)cc(COC(=O)c3ccccc3S(=O)(=O)N(C)c3ccccc3)c2cc1C. The zero-order valence-corrected chi connectivity index (χ0v) is 19.8. The third-order valence-electron chi connectivity index (χ3n) is 5.67. The molecule has 0 unspecified atom stereocenters. The van der Waals surface area contributed by atoms with Crippen molar-refractivity contribution in [2.24, 2.45) is 0 Å². The molecule has 0 bridgehead atoms. The van der Waals surface area contributed by atoms with Crippen LogP contribution in [0.5, 0.6) is 0 Å². The number of fused-ring (bicyclic) bond motifs is 1. The lowest BCUT2D eigenvalue weighted by Crippen LogP contribution is -2.28. The van der Waals surface area contributed by atoms with E-state index in [0.29, 0.717) is 22.2 Å². The first-order chi connectivity index (χ1) is 16.2. The molecular formula is C26H23NO6S. The third kappa shape index (κ3) is 4.45. The van der Waals surface area contributed by atoms with Crippen LogP contribution in [-0.2, 0) is 21.4 Å². The van der Waals surface area contributed by atoms with E-state index in [0.717, 1.165) is 15.4 Å². The first-order valence-electron chi connectivity index (χ1n) is 10.5. The van der Waals surface area contributed by atoms with Gasteiger partial charge in [0.25, 0.3) is 10.0 Å². The van der Waals surface area contributed by atoms with Gasteiger partial charge < -0.3 is 9.15 Å². The molecule has 4 aromatic rings. The van der Waals surface area contributed by atoms with Crippen LogP contribution in [0.25, 0.3) is 11.0 Å². The first-order valence-corrected chi connectivity index (χ1v) is 12.0. The predicted octanol–water partition coefficient (Wildman–Crippen LogP) is 4.59. The van der Waals surface area contributed by atoms with E-state index in [-0.39, 0.29) is 17.1 Å². The molecule has 0 aliphatic rings. The van der Waals surface area contributed by atoms with Crippen LogP contribution in [0.1, 0.15) is 27.0 Å². The monoisotopic (exact) mass is 477 g/mol. The van der Waals surface area contributed by atoms with Gasteiger partial charge in [0, 0.05) is 24.1 Å². The first kappa shape index (κ1) is 23.3. The van der Waals surface area contributed by atoms with Crippen LogP contribution in [0, 0.1) is 13.8 Å². The van der Waals surface area contributed by atoms with Crippen LogP contribution in [0.4, 0.5) is 5.69 Å². The molecule has 0 atom stereocenters. The number of nitrogens with zero attached hydrogens (tertiary/aromatic N) is 1. The second-order valence-electron chi connectivity index (χ2n) is 7.90. The summed E-state index contributed by atoms with van der Waals surface area (Å²) in [5.41, 5.74) is 2.64. The molecule has 0 fully saturated rings. The average Bonchev–Trinajstić information content (AvgIpc) is 2.83. The molecule has 3 aromatic carbocycles. The fraction of sp³-hybridized carbons (Fsp3) is 0.154. The van der Waals surface area contributed by atoms with Crippen LogP contribution in [0.3, 0.4) is 0 Å². The van der Waals surface area contributed by atoms with Crippen molar-refractivity contribution in [2.45, 2.75) is 25.3 Å². The number of carbonyl (C=O) groups is 1. The smallest absolute Gasteiger partial charge is 0.339 e. The summed E-state index contributed by atoms with van der Waals surface area (Å²) in [6.07, 6.45) is 0. The number of hydrogen-bond acceptors (Lipinski definition) is 6. The summed E-state index contributed by atoms with van der Waals surface area (Å²) in [5, 5.41) is 0.653. The summed E-state index contributed by atoms with van der Waals surface area (Å²) < 4.78 is 38.4. The van der Waals surface area contributed by atoms with Gasteiger partial charge in [0.05, 0.1) is 11.3 Å². The van der Waals surface area contributed by atoms with Gasteiger partial charge in [-0.1, -0.05) is 30.3 Å². The highest BCUT2D eigenvalue weighted by Crippen LogP contribution is 2.26. The Labute approximate surface area is 197 Å². The van der Waals surface area contributed by atoms with E-state index < -0.39 is 21.6 Å². The molecule has 0 saturated heterocycles. The standard InChI is InChI=1S/C26H23NO6S/c1-17-13-22-19(15-25(28)33-23(22)14-18(17)2)16-32-26(29)21-11-7-8-12-24(21)34(30,31)27(3)20-9-5-4-6-10-20/h4-15H,16H2,1-3H3. The minimum Gasteiger partial charge on any atom is -0.457 e. The Morgan fingerprint density at radius 1 is 0.941 bits per heavy atom. The lowest BCUT2D eigenvalue weighted by Gasteiger charge is -2.21. The van der Waals surface area contributed by atoms with Crippen molar-refractivity contribution in [1.29, 1.82) is 0 Å². The minimum absolute atomic E-state index is 0.0930. The molecule has 4 rings (SSSR count). The van der Waals surface area contributed by atoms with E-state index in [1.54, 1.807) is 48.5 Å². The zero-order chi connectivity index (χ0) is 24.5. The Bertz CT molecular complexity index is 1540. The Kier molecular flexibility index (Phi) is 6.26. The molecule has 8 heteroatoms. The number of para-hydroxylation sites is 1. The second kappa shape index (κ2) is 9.15. The Balaban J connectivity index is 1.65. The largest absolute Gasteiger partial charge is 0.457 e. The van der Waals surface area contributed by atoms with Crippen molar-refractivity contribution < 1.29 is 22.4 Å². The Hall–Kier alpha value is -3.91. The quantitative estimate of drug-likeness (QED) is 0.298. The maximum Gasteiger partial charge on any atom is 0.339 e. The molecule has 0 spiro atoms. The van der Waals surface area contributed by atoms with E-state index in [9.17, 15) is 18.0 Å². The Morgan fingerprint density at radius 3 is 2.32 bits per heavy atom. The van der Waals surface area contributed by atoms with Crippen molar-refractivity contribution in [3.63, 3.8) is 0 Å². The lowest BCUT2D eigenvalue weighted by atomic mass is 10.0. The number of benzene rings is 3. The van der Waals surface area contributed by atoms with Crippen molar-refractivity contribution in [2.75, 3.05) is 11.4 Å². The lowest BCUT2D eigenvalue weighted by molar-refractivity contribution is 0.0469. The van der Waals surface area contributed by atoms with E-state index >= 15 is 0 Å². The number of aryl methyl sites for hydroxylation is 2. The van der Waals surface area contributed by atoms with Gasteiger partial charge in [-0.2, -0.15) is 0 Å². The molecular weight excluding hydrogens is 454 g/mol. The van der Waals surface area contributed by atoms with E-state index in [2.05, 4.69) is 0 Å². The van der Waals surface area contributed by atoms with Gasteiger partial charge in [-0.05, 0) is 61.4 Å². The minimum atomic E-state index is -4.03. The maximum absolute atomic E-state index is 13.3. The highest BCUT2D eigenvalue weighted by atomic mass is 32.2. The zero-order valence-electron chi connectivity index (χ0n) is 18.9. The normalized spacial score (nSPS) is 11.4. The van der Waals surface area contributed by atoms with Crippen molar-refractivity contribution in [3.05, 3.63) is 105 Å². The van der Waals surface area contributed by atoms with Crippen LogP contribution < -0.4 is 9.93 Å². The predicted molar refractivity (Wildman–Crippen MR) is 130 cm³/mol. The van der Waals surface area contributed by atoms with E-state index in [1.165, 1.54) is 25.2 Å². The molecule has 0 aliphatic carbocycles. The Morgan fingerprint density at radius 2 is 1.59 bits per heavy atom. The molecule has 1 aromatic heterocycles. The van der Waals surface area contributed by atoms with Crippen molar-refractivity contribution in [3.8, 4) is 0 Å². The third-order valence-corrected chi connectivity index (χ3v) is 7.51. The van der Waals surface area contributed by atoms with Crippen LogP contribution >= 0.6 is 0 Å². The van der Waals surface area contributed by atoms with Gasteiger partial charge in [0.1, 0.15) is 17.1 Å². The summed E-state index contributed by atoms with van der Waals surface area (Å²) >= 11 is 0. The maximum atomic E-state index is 13.3. The number of rotatable bonds is 6. The fourth-order valence-corrected chi connectivity index (χ4v) is 4.98. The molecule has 0 saturated carbocycles. The summed E-state index contributed by atoms with van der Waals surface area (Å²) in [6.45, 7) is 3.62. The number of sulfonamides is 1. The van der Waals surface area contributed by atoms with Crippen molar-refractivity contribution >= 4 is 32.6 Å². The van der Waals surface area contributed by atoms with E-state index in [1.807, 2.05) is 19.9 Å². The highest BCUT2D eigenvalue weighted by Gasteiger charge is 2.27. The van der Waals surface area contributed by atoms with E-state index in [4.69, 9.17) is 9.15 Å². The van der Waals surface area contributed by atoms with Gasteiger partial charge in [0.2, 0.25) is 0 Å². The van der Waals surface area contributed by atoms with Gasteiger partial charge in [-0.25, -0.2) is 18.0 Å². The van der Waals surface area contributed by atoms with Gasteiger partial charge in [0.15, 0.2) is 0 Å². The topological polar surface area (TPSA) is 93.9 Å². The molecule has 7 nitrogen and oxygen atoms in total.